The first-order chi connectivity index (χ1) is 6.84. The quantitative estimate of drug-likeness (QED) is 0.758. The van der Waals surface area contributed by atoms with Crippen LogP contribution in [0, 0.1) is 0 Å². The Morgan fingerprint density at radius 2 is 2.50 bits per heavy atom. The molecule has 2 rings (SSSR count). The van der Waals surface area contributed by atoms with E-state index in [0.717, 1.165) is 24.9 Å². The number of rotatable bonds is 2. The summed E-state index contributed by atoms with van der Waals surface area (Å²) >= 11 is 1.84. The van der Waals surface area contributed by atoms with Crippen molar-refractivity contribution < 1.29 is 4.74 Å². The molecule has 14 heavy (non-hydrogen) atoms. The molecule has 0 aliphatic carbocycles. The molecule has 0 aromatic heterocycles. The fourth-order valence-electron chi connectivity index (χ4n) is 1.74. The van der Waals surface area contributed by atoms with Crippen LogP contribution in [-0.2, 0) is 4.74 Å². The molecule has 80 valence electrons. The molecule has 2 heterocycles. The fraction of sp³-hybridized carbons (Fsp3) is 0.900. The minimum Gasteiger partial charge on any atom is -0.376 e. The van der Waals surface area contributed by atoms with Crippen LogP contribution in [0.5, 0.6) is 0 Å². The molecule has 0 spiro atoms. The Morgan fingerprint density at radius 3 is 3.14 bits per heavy atom. The van der Waals surface area contributed by atoms with Crippen molar-refractivity contribution in [3.63, 3.8) is 0 Å². The molecule has 0 amide bonds. The van der Waals surface area contributed by atoms with Crippen LogP contribution in [0.3, 0.4) is 0 Å². The third-order valence-electron chi connectivity index (χ3n) is 2.56. The third-order valence-corrected chi connectivity index (χ3v) is 3.61. The van der Waals surface area contributed by atoms with E-state index in [-0.39, 0.29) is 0 Å². The number of nitrogens with zero attached hydrogens (tertiary/aromatic N) is 1. The third kappa shape index (κ3) is 2.89. The van der Waals surface area contributed by atoms with Gasteiger partial charge >= 0.3 is 0 Å². The zero-order valence-electron chi connectivity index (χ0n) is 8.66. The van der Waals surface area contributed by atoms with Crippen molar-refractivity contribution >= 4 is 16.9 Å². The lowest BCUT2D eigenvalue weighted by Crippen LogP contribution is -2.33. The lowest BCUT2D eigenvalue weighted by molar-refractivity contribution is 0.0197. The summed E-state index contributed by atoms with van der Waals surface area (Å²) in [5.74, 6) is 0. The Hall–Kier alpha value is -0.220. The van der Waals surface area contributed by atoms with Crippen molar-refractivity contribution in [3.05, 3.63) is 0 Å². The van der Waals surface area contributed by atoms with E-state index in [4.69, 9.17) is 4.74 Å². The molecule has 2 aliphatic rings. The molecule has 0 radical (unpaired) electrons. The van der Waals surface area contributed by atoms with Gasteiger partial charge in [-0.1, -0.05) is 18.7 Å². The van der Waals surface area contributed by atoms with Gasteiger partial charge in [-0.05, 0) is 19.3 Å². The second kappa shape index (κ2) is 5.03. The van der Waals surface area contributed by atoms with Gasteiger partial charge in [-0.3, -0.25) is 4.99 Å². The molecule has 1 saturated heterocycles. The first-order valence-corrected chi connectivity index (χ1v) is 6.29. The van der Waals surface area contributed by atoms with Gasteiger partial charge in [0.2, 0.25) is 0 Å². The van der Waals surface area contributed by atoms with Gasteiger partial charge in [0.15, 0.2) is 5.17 Å². The molecule has 1 N–H and O–H groups in total. The van der Waals surface area contributed by atoms with Crippen LogP contribution in [0.25, 0.3) is 0 Å². The van der Waals surface area contributed by atoms with Crippen LogP contribution < -0.4 is 5.32 Å². The molecule has 3 nitrogen and oxygen atoms in total. The summed E-state index contributed by atoms with van der Waals surface area (Å²) in [7, 11) is 0. The molecule has 2 aliphatic heterocycles. The zero-order chi connectivity index (χ0) is 9.80. The van der Waals surface area contributed by atoms with Crippen LogP contribution >= 0.6 is 11.8 Å². The minimum absolute atomic E-state index is 0.406. The van der Waals surface area contributed by atoms with Gasteiger partial charge in [0.25, 0.3) is 0 Å². The van der Waals surface area contributed by atoms with Crippen molar-refractivity contribution in [1.29, 1.82) is 0 Å². The maximum absolute atomic E-state index is 5.64. The van der Waals surface area contributed by atoms with E-state index in [1.54, 1.807) is 0 Å². The maximum atomic E-state index is 5.64. The van der Waals surface area contributed by atoms with Gasteiger partial charge in [0, 0.05) is 18.4 Å². The Kier molecular flexibility index (Phi) is 3.70. The Labute approximate surface area is 89.7 Å². The summed E-state index contributed by atoms with van der Waals surface area (Å²) in [5, 5.41) is 5.12. The first-order valence-electron chi connectivity index (χ1n) is 5.41. The van der Waals surface area contributed by atoms with Crippen LogP contribution in [-0.4, -0.2) is 36.2 Å². The number of hydrogen-bond acceptors (Lipinski definition) is 4. The lowest BCUT2D eigenvalue weighted by atomic mass is 10.1. The normalized spacial score (nSPS) is 32.8. The predicted molar refractivity (Wildman–Crippen MR) is 60.9 cm³/mol. The zero-order valence-corrected chi connectivity index (χ0v) is 9.48. The molecule has 0 saturated carbocycles. The van der Waals surface area contributed by atoms with Crippen LogP contribution in [0.15, 0.2) is 4.99 Å². The molecular weight excluding hydrogens is 196 g/mol. The molecular formula is C10H18N2OS. The van der Waals surface area contributed by atoms with Crippen LogP contribution in [0.1, 0.15) is 26.2 Å². The minimum atomic E-state index is 0.406. The van der Waals surface area contributed by atoms with Crippen molar-refractivity contribution in [2.24, 2.45) is 4.99 Å². The fourth-order valence-corrected chi connectivity index (χ4v) is 2.59. The summed E-state index contributed by atoms with van der Waals surface area (Å²) in [6.07, 6.45) is 4.13. The van der Waals surface area contributed by atoms with Gasteiger partial charge < -0.3 is 10.1 Å². The van der Waals surface area contributed by atoms with Crippen molar-refractivity contribution in [1.82, 2.24) is 5.32 Å². The number of aliphatic imine (C=N–C) groups is 1. The molecule has 1 fully saturated rings. The van der Waals surface area contributed by atoms with E-state index in [2.05, 4.69) is 17.2 Å². The second-order valence-electron chi connectivity index (χ2n) is 3.94. The largest absolute Gasteiger partial charge is 0.376 e. The Bertz CT molecular complexity index is 214. The van der Waals surface area contributed by atoms with Crippen molar-refractivity contribution in [3.8, 4) is 0 Å². The smallest absolute Gasteiger partial charge is 0.157 e. The average molecular weight is 214 g/mol. The molecule has 2 atom stereocenters. The van der Waals surface area contributed by atoms with E-state index in [1.165, 1.54) is 19.3 Å². The summed E-state index contributed by atoms with van der Waals surface area (Å²) < 4.78 is 5.64. The van der Waals surface area contributed by atoms with E-state index in [1.807, 2.05) is 11.8 Å². The van der Waals surface area contributed by atoms with E-state index in [0.29, 0.717) is 11.4 Å². The molecule has 2 unspecified atom stereocenters. The van der Waals surface area contributed by atoms with Gasteiger partial charge in [0.1, 0.15) is 0 Å². The second-order valence-corrected chi connectivity index (χ2v) is 5.37. The van der Waals surface area contributed by atoms with E-state index in [9.17, 15) is 0 Å². The van der Waals surface area contributed by atoms with Crippen molar-refractivity contribution in [2.75, 3.05) is 19.7 Å². The SMILES string of the molecule is CC1CN=C(NCC2CCCCO2)S1. The van der Waals surface area contributed by atoms with E-state index < -0.39 is 0 Å². The maximum Gasteiger partial charge on any atom is 0.157 e. The van der Waals surface area contributed by atoms with Gasteiger partial charge in [0.05, 0.1) is 12.6 Å². The summed E-state index contributed by atoms with van der Waals surface area (Å²) in [6, 6.07) is 0. The van der Waals surface area contributed by atoms with Gasteiger partial charge in [-0.2, -0.15) is 0 Å². The number of hydrogen-bond donors (Lipinski definition) is 1. The molecule has 4 heteroatoms. The van der Waals surface area contributed by atoms with Crippen LogP contribution in [0.4, 0.5) is 0 Å². The topological polar surface area (TPSA) is 33.6 Å². The first kappa shape index (κ1) is 10.3. The highest BCUT2D eigenvalue weighted by Crippen LogP contribution is 2.19. The molecule has 0 bridgehead atoms. The summed E-state index contributed by atoms with van der Waals surface area (Å²) in [4.78, 5) is 4.41. The number of ether oxygens (including phenoxy) is 1. The Balaban J connectivity index is 1.66. The highest BCUT2D eigenvalue weighted by Gasteiger charge is 2.17. The van der Waals surface area contributed by atoms with Crippen LogP contribution in [0.2, 0.25) is 0 Å². The summed E-state index contributed by atoms with van der Waals surface area (Å²) in [5.41, 5.74) is 0. The lowest BCUT2D eigenvalue weighted by Gasteiger charge is -2.22. The standard InChI is InChI=1S/C10H18N2OS/c1-8-6-11-10(14-8)12-7-9-4-2-3-5-13-9/h8-9H,2-7H2,1H3,(H,11,12). The molecule has 0 aromatic rings. The Morgan fingerprint density at radius 1 is 1.57 bits per heavy atom. The number of thioether (sulfide) groups is 1. The average Bonchev–Trinajstić information content (AvgIpc) is 2.63. The monoisotopic (exact) mass is 214 g/mol. The number of amidine groups is 1. The molecule has 0 aromatic carbocycles. The van der Waals surface area contributed by atoms with Gasteiger partial charge in [-0.25, -0.2) is 0 Å². The predicted octanol–water partition coefficient (Wildman–Crippen LogP) is 1.64. The highest BCUT2D eigenvalue weighted by molar-refractivity contribution is 8.14. The van der Waals surface area contributed by atoms with Crippen molar-refractivity contribution in [2.45, 2.75) is 37.5 Å². The highest BCUT2D eigenvalue weighted by atomic mass is 32.2. The van der Waals surface area contributed by atoms with E-state index >= 15 is 0 Å². The van der Waals surface area contributed by atoms with Gasteiger partial charge in [-0.15, -0.1) is 0 Å². The summed E-state index contributed by atoms with van der Waals surface area (Å²) in [6.45, 7) is 5.03. The number of nitrogens with one attached hydrogen (secondary N) is 1.